The lowest BCUT2D eigenvalue weighted by molar-refractivity contribution is -0.385. The number of nitriles is 1. The molecule has 0 aliphatic carbocycles. The van der Waals surface area contributed by atoms with Gasteiger partial charge in [0, 0.05) is 18.8 Å². The van der Waals surface area contributed by atoms with Crippen LogP contribution < -0.4 is 4.90 Å². The molecule has 0 N–H and O–H groups in total. The Kier molecular flexibility index (Phi) is 4.63. The molecule has 2 aromatic carbocycles. The summed E-state index contributed by atoms with van der Waals surface area (Å²) in [7, 11) is 1.45. The number of carbonyl (C=O) groups is 3. The van der Waals surface area contributed by atoms with Crippen molar-refractivity contribution in [3.05, 3.63) is 69.3 Å². The van der Waals surface area contributed by atoms with Crippen molar-refractivity contribution < 1.29 is 19.3 Å². The number of nitro benzene ring substituents is 1. The van der Waals surface area contributed by atoms with Gasteiger partial charge in [-0.1, -0.05) is 12.1 Å². The predicted molar refractivity (Wildman–Crippen MR) is 97.6 cm³/mol. The first kappa shape index (κ1) is 18.7. The lowest BCUT2D eigenvalue weighted by Crippen LogP contribution is -2.48. The number of fused-ring (bicyclic) bond motifs is 1. The van der Waals surface area contributed by atoms with Crippen molar-refractivity contribution in [3.8, 4) is 6.07 Å². The molecule has 28 heavy (non-hydrogen) atoms. The fourth-order valence-electron chi connectivity index (χ4n) is 3.09. The maximum atomic E-state index is 12.9. The minimum Gasteiger partial charge on any atom is -0.314 e. The van der Waals surface area contributed by atoms with Crippen molar-refractivity contribution in [2.45, 2.75) is 13.0 Å². The summed E-state index contributed by atoms with van der Waals surface area (Å²) in [4.78, 5) is 50.6. The molecule has 0 fully saturated rings. The quantitative estimate of drug-likeness (QED) is 0.456. The molecule has 9 nitrogen and oxygen atoms in total. The number of likely N-dealkylation sites (N-methyl/N-ethyl adjacent to an activating group) is 1. The van der Waals surface area contributed by atoms with Gasteiger partial charge in [0.15, 0.2) is 0 Å². The summed E-state index contributed by atoms with van der Waals surface area (Å²) in [6, 6.07) is 10.8. The number of nitro groups is 1. The third kappa shape index (κ3) is 2.87. The van der Waals surface area contributed by atoms with Crippen molar-refractivity contribution in [3.63, 3.8) is 0 Å². The van der Waals surface area contributed by atoms with Crippen LogP contribution in [-0.4, -0.2) is 40.6 Å². The van der Waals surface area contributed by atoms with Crippen LogP contribution >= 0.6 is 0 Å². The first-order chi connectivity index (χ1) is 13.3. The molecule has 0 saturated heterocycles. The van der Waals surface area contributed by atoms with Crippen molar-refractivity contribution in [2.75, 3.05) is 11.9 Å². The molecule has 1 aliphatic rings. The number of anilines is 1. The Labute approximate surface area is 159 Å². The number of carbonyl (C=O) groups excluding carboxylic acids is 3. The van der Waals surface area contributed by atoms with Crippen LogP contribution in [0.4, 0.5) is 11.4 Å². The average Bonchev–Trinajstić information content (AvgIpc) is 2.96. The standard InChI is InChI=1S/C19H14N4O5/c1-11(17(24)21(2)13-6-3-5-12(9-13)10-20)22-18(25)14-7-4-8-15(23(27)28)16(14)19(22)26/h3-9,11H,1-2H3. The van der Waals surface area contributed by atoms with Crippen LogP contribution in [0.15, 0.2) is 42.5 Å². The highest BCUT2D eigenvalue weighted by Crippen LogP contribution is 2.32. The number of rotatable bonds is 4. The van der Waals surface area contributed by atoms with E-state index in [-0.39, 0.29) is 11.1 Å². The molecule has 1 heterocycles. The van der Waals surface area contributed by atoms with Crippen LogP contribution in [-0.2, 0) is 4.79 Å². The highest BCUT2D eigenvalue weighted by atomic mass is 16.6. The Morgan fingerprint density at radius 2 is 1.89 bits per heavy atom. The molecular weight excluding hydrogens is 364 g/mol. The number of imide groups is 1. The summed E-state index contributed by atoms with van der Waals surface area (Å²) in [5.74, 6) is -2.22. The summed E-state index contributed by atoms with van der Waals surface area (Å²) in [5, 5.41) is 20.2. The van der Waals surface area contributed by atoms with Crippen molar-refractivity contribution in [1.82, 2.24) is 4.90 Å². The monoisotopic (exact) mass is 378 g/mol. The largest absolute Gasteiger partial charge is 0.314 e. The van der Waals surface area contributed by atoms with Gasteiger partial charge in [-0.2, -0.15) is 5.26 Å². The average molecular weight is 378 g/mol. The van der Waals surface area contributed by atoms with E-state index >= 15 is 0 Å². The maximum absolute atomic E-state index is 12.9. The highest BCUT2D eigenvalue weighted by molar-refractivity contribution is 6.25. The second-order valence-electron chi connectivity index (χ2n) is 6.17. The maximum Gasteiger partial charge on any atom is 0.282 e. The second kappa shape index (κ2) is 6.92. The molecule has 1 atom stereocenters. The molecule has 140 valence electrons. The van der Waals surface area contributed by atoms with Gasteiger partial charge in [0.25, 0.3) is 17.5 Å². The molecule has 0 radical (unpaired) electrons. The Morgan fingerprint density at radius 1 is 1.21 bits per heavy atom. The van der Waals surface area contributed by atoms with E-state index < -0.39 is 34.4 Å². The Morgan fingerprint density at radius 3 is 2.54 bits per heavy atom. The lowest BCUT2D eigenvalue weighted by Gasteiger charge is -2.26. The summed E-state index contributed by atoms with van der Waals surface area (Å²) in [5.41, 5.74) is -0.132. The van der Waals surface area contributed by atoms with Crippen LogP contribution in [0, 0.1) is 21.4 Å². The summed E-state index contributed by atoms with van der Waals surface area (Å²) < 4.78 is 0. The van der Waals surface area contributed by atoms with Crippen LogP contribution in [0.5, 0.6) is 0 Å². The molecule has 3 rings (SSSR count). The predicted octanol–water partition coefficient (Wildman–Crippen LogP) is 2.11. The highest BCUT2D eigenvalue weighted by Gasteiger charge is 2.45. The zero-order valence-corrected chi connectivity index (χ0v) is 14.9. The number of benzene rings is 2. The summed E-state index contributed by atoms with van der Waals surface area (Å²) in [6.07, 6.45) is 0. The van der Waals surface area contributed by atoms with Gasteiger partial charge in [-0.3, -0.25) is 29.4 Å². The first-order valence-corrected chi connectivity index (χ1v) is 8.21. The Hall–Kier alpha value is -4.06. The molecule has 3 amide bonds. The summed E-state index contributed by atoms with van der Waals surface area (Å²) >= 11 is 0. The summed E-state index contributed by atoms with van der Waals surface area (Å²) in [6.45, 7) is 1.38. The van der Waals surface area contributed by atoms with E-state index in [0.717, 1.165) is 11.0 Å². The van der Waals surface area contributed by atoms with Gasteiger partial charge in [-0.15, -0.1) is 0 Å². The van der Waals surface area contributed by atoms with Gasteiger partial charge in [0.1, 0.15) is 11.6 Å². The molecular formula is C19H14N4O5. The van der Waals surface area contributed by atoms with Crippen molar-refractivity contribution >= 4 is 29.1 Å². The minimum absolute atomic E-state index is 0.104. The molecule has 0 bridgehead atoms. The Balaban J connectivity index is 1.93. The van der Waals surface area contributed by atoms with E-state index in [1.165, 1.54) is 37.1 Å². The minimum atomic E-state index is -1.19. The zero-order chi connectivity index (χ0) is 20.6. The first-order valence-electron chi connectivity index (χ1n) is 8.21. The van der Waals surface area contributed by atoms with E-state index in [2.05, 4.69) is 0 Å². The van der Waals surface area contributed by atoms with Gasteiger partial charge in [0.05, 0.1) is 22.1 Å². The van der Waals surface area contributed by atoms with Crippen LogP contribution in [0.1, 0.15) is 33.2 Å². The molecule has 9 heteroatoms. The van der Waals surface area contributed by atoms with Gasteiger partial charge in [0.2, 0.25) is 5.91 Å². The van der Waals surface area contributed by atoms with E-state index in [1.54, 1.807) is 18.2 Å². The van der Waals surface area contributed by atoms with Crippen molar-refractivity contribution in [1.29, 1.82) is 5.26 Å². The van der Waals surface area contributed by atoms with Crippen LogP contribution in [0.25, 0.3) is 0 Å². The Bertz CT molecular complexity index is 1070. The molecule has 1 aliphatic heterocycles. The van der Waals surface area contributed by atoms with Crippen LogP contribution in [0.2, 0.25) is 0 Å². The SMILES string of the molecule is CC(C(=O)N(C)c1cccc(C#N)c1)N1C(=O)c2cccc([N+](=O)[O-])c2C1=O. The van der Waals surface area contributed by atoms with E-state index in [0.29, 0.717) is 11.3 Å². The number of nitrogens with zero attached hydrogens (tertiary/aromatic N) is 4. The smallest absolute Gasteiger partial charge is 0.282 e. The van der Waals surface area contributed by atoms with Gasteiger partial charge in [-0.25, -0.2) is 0 Å². The van der Waals surface area contributed by atoms with E-state index in [4.69, 9.17) is 5.26 Å². The van der Waals surface area contributed by atoms with Gasteiger partial charge < -0.3 is 4.90 Å². The number of amides is 3. The fraction of sp³-hybridized carbons (Fsp3) is 0.158. The fourth-order valence-corrected chi connectivity index (χ4v) is 3.09. The normalized spacial score (nSPS) is 13.7. The van der Waals surface area contributed by atoms with Gasteiger partial charge in [-0.05, 0) is 31.2 Å². The molecule has 0 saturated carbocycles. The van der Waals surface area contributed by atoms with Gasteiger partial charge >= 0.3 is 0 Å². The zero-order valence-electron chi connectivity index (χ0n) is 14.9. The second-order valence-corrected chi connectivity index (χ2v) is 6.17. The molecule has 0 spiro atoms. The van der Waals surface area contributed by atoms with Crippen LogP contribution in [0.3, 0.4) is 0 Å². The molecule has 1 unspecified atom stereocenters. The lowest BCUT2D eigenvalue weighted by atomic mass is 10.1. The third-order valence-electron chi connectivity index (χ3n) is 4.56. The van der Waals surface area contributed by atoms with Crippen molar-refractivity contribution in [2.24, 2.45) is 0 Å². The number of hydrogen-bond acceptors (Lipinski definition) is 6. The molecule has 0 aromatic heterocycles. The van der Waals surface area contributed by atoms with E-state index in [1.807, 2.05) is 6.07 Å². The molecule has 2 aromatic rings. The van der Waals surface area contributed by atoms with E-state index in [9.17, 15) is 24.5 Å². The number of hydrogen-bond donors (Lipinski definition) is 0. The topological polar surface area (TPSA) is 125 Å². The third-order valence-corrected chi connectivity index (χ3v) is 4.56.